The number of amidine groups is 1. The fourth-order valence-electron chi connectivity index (χ4n) is 1.71. The topological polar surface area (TPSA) is 53.1 Å². The highest BCUT2D eigenvalue weighted by molar-refractivity contribution is 5.79. The normalized spacial score (nSPS) is 27.3. The number of nitrogens with zero attached hydrogens (tertiary/aromatic N) is 1. The number of hydrogen-bond donors (Lipinski definition) is 2. The lowest BCUT2D eigenvalue weighted by atomic mass is 10.1. The van der Waals surface area contributed by atoms with Gasteiger partial charge in [-0.05, 0) is 26.3 Å². The van der Waals surface area contributed by atoms with E-state index in [1.807, 2.05) is 6.92 Å². The molecule has 0 spiro atoms. The molecule has 1 rings (SSSR count). The Balaban J connectivity index is 2.35. The molecule has 0 amide bonds. The van der Waals surface area contributed by atoms with Gasteiger partial charge in [0.2, 0.25) is 0 Å². The minimum atomic E-state index is 0.213. The molecule has 2 atom stereocenters. The SMILES string of the molecule is CC(CN1CCCC1C)C(=N)N. The zero-order chi connectivity index (χ0) is 9.14. The van der Waals surface area contributed by atoms with Crippen LogP contribution in [-0.2, 0) is 0 Å². The van der Waals surface area contributed by atoms with Crippen LogP contribution in [0, 0.1) is 11.3 Å². The Bertz CT molecular complexity index is 167. The van der Waals surface area contributed by atoms with E-state index in [0.717, 1.165) is 6.54 Å². The van der Waals surface area contributed by atoms with Crippen molar-refractivity contribution in [2.45, 2.75) is 32.7 Å². The van der Waals surface area contributed by atoms with Crippen molar-refractivity contribution in [1.29, 1.82) is 5.41 Å². The summed E-state index contributed by atoms with van der Waals surface area (Å²) in [6, 6.07) is 0.687. The average molecular weight is 169 g/mol. The number of hydrogen-bond acceptors (Lipinski definition) is 2. The lowest BCUT2D eigenvalue weighted by molar-refractivity contribution is 0.253. The Kier molecular flexibility index (Phi) is 3.09. The zero-order valence-corrected chi connectivity index (χ0v) is 8.01. The third-order valence-corrected chi connectivity index (χ3v) is 2.73. The van der Waals surface area contributed by atoms with Crippen LogP contribution in [0.15, 0.2) is 0 Å². The lowest BCUT2D eigenvalue weighted by Gasteiger charge is -2.23. The van der Waals surface area contributed by atoms with Gasteiger partial charge >= 0.3 is 0 Å². The first-order chi connectivity index (χ1) is 5.61. The second-order valence-corrected chi connectivity index (χ2v) is 3.84. The maximum Gasteiger partial charge on any atom is 0.0947 e. The van der Waals surface area contributed by atoms with Gasteiger partial charge in [-0.1, -0.05) is 6.92 Å². The summed E-state index contributed by atoms with van der Waals surface area (Å²) in [5, 5.41) is 7.28. The molecular weight excluding hydrogens is 150 g/mol. The Morgan fingerprint density at radius 3 is 2.83 bits per heavy atom. The van der Waals surface area contributed by atoms with Crippen molar-refractivity contribution in [3.63, 3.8) is 0 Å². The molecule has 0 radical (unpaired) electrons. The molecule has 3 heteroatoms. The van der Waals surface area contributed by atoms with Crippen molar-refractivity contribution in [3.05, 3.63) is 0 Å². The summed E-state index contributed by atoms with van der Waals surface area (Å²) < 4.78 is 0. The molecule has 0 aromatic carbocycles. The largest absolute Gasteiger partial charge is 0.387 e. The van der Waals surface area contributed by atoms with E-state index in [-0.39, 0.29) is 5.92 Å². The summed E-state index contributed by atoms with van der Waals surface area (Å²) >= 11 is 0. The third kappa shape index (κ3) is 2.21. The molecule has 0 aliphatic carbocycles. The first-order valence-electron chi connectivity index (χ1n) is 4.69. The first kappa shape index (κ1) is 9.52. The van der Waals surface area contributed by atoms with E-state index < -0.39 is 0 Å². The van der Waals surface area contributed by atoms with Gasteiger partial charge in [0.05, 0.1) is 5.84 Å². The van der Waals surface area contributed by atoms with Crippen molar-refractivity contribution in [3.8, 4) is 0 Å². The molecular formula is C9H19N3. The van der Waals surface area contributed by atoms with Gasteiger partial charge in [0.25, 0.3) is 0 Å². The summed E-state index contributed by atoms with van der Waals surface area (Å²) in [5.74, 6) is 0.527. The van der Waals surface area contributed by atoms with Crippen LogP contribution in [-0.4, -0.2) is 29.9 Å². The molecule has 1 fully saturated rings. The standard InChI is InChI=1S/C9H19N3/c1-7(9(10)11)6-12-5-3-4-8(12)2/h7-8H,3-6H2,1-2H3,(H3,10,11). The van der Waals surface area contributed by atoms with Crippen LogP contribution < -0.4 is 5.73 Å². The van der Waals surface area contributed by atoms with E-state index in [0.29, 0.717) is 11.9 Å². The summed E-state index contributed by atoms with van der Waals surface area (Å²) in [4.78, 5) is 2.42. The second-order valence-electron chi connectivity index (χ2n) is 3.84. The van der Waals surface area contributed by atoms with Crippen LogP contribution in [0.5, 0.6) is 0 Å². The summed E-state index contributed by atoms with van der Waals surface area (Å²) in [6.07, 6.45) is 2.59. The van der Waals surface area contributed by atoms with Crippen LogP contribution in [0.4, 0.5) is 0 Å². The molecule has 0 bridgehead atoms. The van der Waals surface area contributed by atoms with Gasteiger partial charge < -0.3 is 5.73 Å². The molecule has 1 aliphatic rings. The summed E-state index contributed by atoms with van der Waals surface area (Å²) in [7, 11) is 0. The van der Waals surface area contributed by atoms with Crippen LogP contribution >= 0.6 is 0 Å². The van der Waals surface area contributed by atoms with E-state index in [1.165, 1.54) is 19.4 Å². The highest BCUT2D eigenvalue weighted by Crippen LogP contribution is 2.17. The zero-order valence-electron chi connectivity index (χ0n) is 8.01. The van der Waals surface area contributed by atoms with Gasteiger partial charge in [-0.25, -0.2) is 0 Å². The predicted molar refractivity (Wildman–Crippen MR) is 51.3 cm³/mol. The van der Waals surface area contributed by atoms with Crippen LogP contribution in [0.2, 0.25) is 0 Å². The fourth-order valence-corrected chi connectivity index (χ4v) is 1.71. The van der Waals surface area contributed by atoms with Crippen molar-refractivity contribution in [2.75, 3.05) is 13.1 Å². The Morgan fingerprint density at radius 1 is 1.75 bits per heavy atom. The smallest absolute Gasteiger partial charge is 0.0947 e. The van der Waals surface area contributed by atoms with Crippen LogP contribution in [0.1, 0.15) is 26.7 Å². The van der Waals surface area contributed by atoms with Gasteiger partial charge in [0.1, 0.15) is 0 Å². The number of likely N-dealkylation sites (tertiary alicyclic amines) is 1. The molecule has 0 aromatic heterocycles. The molecule has 70 valence electrons. The van der Waals surface area contributed by atoms with Crippen LogP contribution in [0.3, 0.4) is 0 Å². The van der Waals surface area contributed by atoms with Crippen molar-refractivity contribution >= 4 is 5.84 Å². The van der Waals surface area contributed by atoms with Gasteiger partial charge in [0.15, 0.2) is 0 Å². The van der Waals surface area contributed by atoms with Gasteiger partial charge in [-0.15, -0.1) is 0 Å². The van der Waals surface area contributed by atoms with Gasteiger partial charge in [-0.3, -0.25) is 10.3 Å². The molecule has 0 saturated carbocycles. The molecule has 12 heavy (non-hydrogen) atoms. The molecule has 0 aromatic rings. The quantitative estimate of drug-likeness (QED) is 0.490. The Labute approximate surface area is 74.4 Å². The van der Waals surface area contributed by atoms with E-state index in [9.17, 15) is 0 Å². The molecule has 1 heterocycles. The Hall–Kier alpha value is -0.570. The van der Waals surface area contributed by atoms with Crippen molar-refractivity contribution < 1.29 is 0 Å². The number of nitrogens with two attached hydrogens (primary N) is 1. The molecule has 1 saturated heterocycles. The second kappa shape index (κ2) is 3.90. The fraction of sp³-hybridized carbons (Fsp3) is 0.889. The van der Waals surface area contributed by atoms with E-state index in [4.69, 9.17) is 11.1 Å². The summed E-state index contributed by atoms with van der Waals surface area (Å²) in [5.41, 5.74) is 5.42. The lowest BCUT2D eigenvalue weighted by Crippen LogP contribution is -2.36. The van der Waals surface area contributed by atoms with E-state index in [1.54, 1.807) is 0 Å². The van der Waals surface area contributed by atoms with Gasteiger partial charge in [0, 0.05) is 18.5 Å². The highest BCUT2D eigenvalue weighted by Gasteiger charge is 2.22. The monoisotopic (exact) mass is 169 g/mol. The van der Waals surface area contributed by atoms with Crippen molar-refractivity contribution in [1.82, 2.24) is 4.90 Å². The molecule has 3 nitrogen and oxygen atoms in total. The Morgan fingerprint density at radius 2 is 2.42 bits per heavy atom. The predicted octanol–water partition coefficient (Wildman–Crippen LogP) is 1.04. The highest BCUT2D eigenvalue weighted by atomic mass is 15.2. The molecule has 1 aliphatic heterocycles. The van der Waals surface area contributed by atoms with E-state index >= 15 is 0 Å². The van der Waals surface area contributed by atoms with Crippen LogP contribution in [0.25, 0.3) is 0 Å². The maximum atomic E-state index is 7.28. The van der Waals surface area contributed by atoms with Crippen molar-refractivity contribution in [2.24, 2.45) is 11.7 Å². The number of rotatable bonds is 3. The molecule has 2 unspecified atom stereocenters. The van der Waals surface area contributed by atoms with Gasteiger partial charge in [-0.2, -0.15) is 0 Å². The molecule has 3 N–H and O–H groups in total. The summed E-state index contributed by atoms with van der Waals surface area (Å²) in [6.45, 7) is 6.41. The average Bonchev–Trinajstić information content (AvgIpc) is 2.36. The first-order valence-corrected chi connectivity index (χ1v) is 4.69. The maximum absolute atomic E-state index is 7.28. The van der Waals surface area contributed by atoms with E-state index in [2.05, 4.69) is 11.8 Å². The minimum absolute atomic E-state index is 0.213. The minimum Gasteiger partial charge on any atom is -0.387 e. The number of nitrogens with one attached hydrogen (secondary N) is 1. The third-order valence-electron chi connectivity index (χ3n) is 2.73.